The van der Waals surface area contributed by atoms with Crippen LogP contribution in [0.5, 0.6) is 0 Å². The number of nitrogens with one attached hydrogen (secondary N) is 1. The number of hydrogen-bond donors (Lipinski definition) is 2. The van der Waals surface area contributed by atoms with Crippen LogP contribution in [0.3, 0.4) is 0 Å². The van der Waals surface area contributed by atoms with Gasteiger partial charge in [-0.2, -0.15) is 0 Å². The first kappa shape index (κ1) is 13.3. The Hall–Kier alpha value is -1.16. The van der Waals surface area contributed by atoms with Crippen LogP contribution >= 0.6 is 0 Å². The zero-order chi connectivity index (χ0) is 12.8. The van der Waals surface area contributed by atoms with Crippen molar-refractivity contribution in [3.8, 4) is 0 Å². The van der Waals surface area contributed by atoms with Crippen molar-refractivity contribution < 1.29 is 9.84 Å². The predicted molar refractivity (Wildman–Crippen MR) is 73.4 cm³/mol. The Kier molecular flexibility index (Phi) is 4.93. The molecule has 3 heteroatoms. The molecule has 1 heterocycles. The normalized spacial score (nSPS) is 17.6. The van der Waals surface area contributed by atoms with Crippen molar-refractivity contribution in [1.82, 2.24) is 5.32 Å². The highest BCUT2D eigenvalue weighted by molar-refractivity contribution is 5.54. The molecule has 1 fully saturated rings. The molecule has 2 N–H and O–H groups in total. The van der Waals surface area contributed by atoms with Crippen LogP contribution in [0.25, 0.3) is 6.08 Å². The molecule has 1 saturated heterocycles. The molecule has 3 nitrogen and oxygen atoms in total. The molecule has 1 atom stereocenters. The van der Waals surface area contributed by atoms with Crippen molar-refractivity contribution in [1.29, 1.82) is 0 Å². The van der Waals surface area contributed by atoms with Crippen molar-refractivity contribution in [3.63, 3.8) is 0 Å². The molecular weight excluding hydrogens is 226 g/mol. The van der Waals surface area contributed by atoms with Crippen LogP contribution in [0.1, 0.15) is 30.1 Å². The van der Waals surface area contributed by atoms with E-state index < -0.39 is 6.10 Å². The van der Waals surface area contributed by atoms with E-state index in [1.807, 2.05) is 19.2 Å². The van der Waals surface area contributed by atoms with E-state index in [2.05, 4.69) is 23.5 Å². The second-order valence-electron chi connectivity index (χ2n) is 4.66. The van der Waals surface area contributed by atoms with E-state index in [0.29, 0.717) is 6.54 Å². The van der Waals surface area contributed by atoms with Gasteiger partial charge in [-0.3, -0.25) is 0 Å². The number of rotatable bonds is 4. The summed E-state index contributed by atoms with van der Waals surface area (Å²) in [5, 5.41) is 12.9. The number of ether oxygens (including phenoxy) is 1. The lowest BCUT2D eigenvalue weighted by atomic mass is 10.0. The molecule has 2 rings (SSSR count). The number of benzene rings is 1. The van der Waals surface area contributed by atoms with Crippen molar-refractivity contribution in [2.45, 2.75) is 18.9 Å². The van der Waals surface area contributed by atoms with E-state index in [4.69, 9.17) is 4.74 Å². The topological polar surface area (TPSA) is 41.5 Å². The highest BCUT2D eigenvalue weighted by atomic mass is 16.5. The smallest absolute Gasteiger partial charge is 0.0914 e. The minimum Gasteiger partial charge on any atom is -0.387 e. The minimum atomic E-state index is -0.442. The summed E-state index contributed by atoms with van der Waals surface area (Å²) >= 11 is 0. The van der Waals surface area contributed by atoms with Gasteiger partial charge in [0, 0.05) is 6.54 Å². The van der Waals surface area contributed by atoms with Gasteiger partial charge in [0.25, 0.3) is 0 Å². The number of aliphatic hydroxyl groups excluding tert-OH is 1. The number of hydrogen-bond acceptors (Lipinski definition) is 3. The Morgan fingerprint density at radius 1 is 1.39 bits per heavy atom. The van der Waals surface area contributed by atoms with Crippen molar-refractivity contribution in [3.05, 3.63) is 41.0 Å². The van der Waals surface area contributed by atoms with Crippen LogP contribution in [-0.4, -0.2) is 31.9 Å². The van der Waals surface area contributed by atoms with Gasteiger partial charge in [-0.1, -0.05) is 29.8 Å². The molecule has 0 saturated carbocycles. The Bertz CT molecular complexity index is 407. The summed E-state index contributed by atoms with van der Waals surface area (Å²) in [6.07, 6.45) is 3.81. The van der Waals surface area contributed by atoms with Crippen molar-refractivity contribution >= 4 is 6.08 Å². The average Bonchev–Trinajstić information content (AvgIpc) is 2.40. The van der Waals surface area contributed by atoms with Gasteiger partial charge in [0.2, 0.25) is 0 Å². The van der Waals surface area contributed by atoms with E-state index in [1.165, 1.54) is 11.1 Å². The molecule has 0 aliphatic carbocycles. The fraction of sp³-hybridized carbons (Fsp3) is 0.467. The fourth-order valence-corrected chi connectivity index (χ4v) is 2.18. The summed E-state index contributed by atoms with van der Waals surface area (Å²) in [6, 6.07) is 8.11. The maximum Gasteiger partial charge on any atom is 0.0914 e. The molecule has 1 aliphatic heterocycles. The van der Waals surface area contributed by atoms with E-state index >= 15 is 0 Å². The summed E-state index contributed by atoms with van der Waals surface area (Å²) in [4.78, 5) is 0. The highest BCUT2D eigenvalue weighted by Crippen LogP contribution is 2.20. The first-order valence-electron chi connectivity index (χ1n) is 6.49. The molecule has 0 amide bonds. The van der Waals surface area contributed by atoms with Crippen LogP contribution in [0.4, 0.5) is 0 Å². The highest BCUT2D eigenvalue weighted by Gasteiger charge is 2.08. The predicted octanol–water partition coefficient (Wildman–Crippen LogP) is 2.13. The summed E-state index contributed by atoms with van der Waals surface area (Å²) < 4.78 is 5.34. The second kappa shape index (κ2) is 6.69. The van der Waals surface area contributed by atoms with Gasteiger partial charge in [0.15, 0.2) is 0 Å². The molecule has 0 bridgehead atoms. The zero-order valence-corrected chi connectivity index (χ0v) is 10.9. The Balaban J connectivity index is 2.11. The first-order chi connectivity index (χ1) is 8.79. The van der Waals surface area contributed by atoms with Gasteiger partial charge in [0.1, 0.15) is 0 Å². The monoisotopic (exact) mass is 247 g/mol. The summed E-state index contributed by atoms with van der Waals surface area (Å²) in [5.74, 6) is 0. The van der Waals surface area contributed by atoms with Crippen LogP contribution in [-0.2, 0) is 4.74 Å². The molecular formula is C15H21NO2. The number of aliphatic hydroxyl groups is 1. The van der Waals surface area contributed by atoms with Crippen LogP contribution in [0.2, 0.25) is 0 Å². The maximum atomic E-state index is 9.95. The van der Waals surface area contributed by atoms with Crippen molar-refractivity contribution in [2.24, 2.45) is 0 Å². The van der Waals surface area contributed by atoms with Gasteiger partial charge in [-0.05, 0) is 37.1 Å². The summed E-state index contributed by atoms with van der Waals surface area (Å²) in [7, 11) is 1.84. The van der Waals surface area contributed by atoms with Crippen LogP contribution in [0.15, 0.2) is 29.8 Å². The lowest BCUT2D eigenvalue weighted by Gasteiger charge is -2.15. The Labute approximate surface area is 108 Å². The minimum absolute atomic E-state index is 0.442. The van der Waals surface area contributed by atoms with Gasteiger partial charge < -0.3 is 15.2 Å². The lowest BCUT2D eigenvalue weighted by molar-refractivity contribution is 0.119. The van der Waals surface area contributed by atoms with E-state index in [-0.39, 0.29) is 0 Å². The standard InChI is InChI=1S/C15H21NO2/c1-16-11-15(17)14-4-2-3-13(10-14)9-12-5-7-18-8-6-12/h2-4,9-10,15-17H,5-8,11H2,1H3. The third-order valence-electron chi connectivity index (χ3n) is 3.20. The van der Waals surface area contributed by atoms with Gasteiger partial charge in [0.05, 0.1) is 19.3 Å². The quantitative estimate of drug-likeness (QED) is 0.856. The zero-order valence-electron chi connectivity index (χ0n) is 10.9. The lowest BCUT2D eigenvalue weighted by Crippen LogP contribution is -2.16. The SMILES string of the molecule is CNCC(O)c1cccc(C=C2CCOCC2)c1. The van der Waals surface area contributed by atoms with E-state index in [0.717, 1.165) is 31.6 Å². The van der Waals surface area contributed by atoms with Gasteiger partial charge >= 0.3 is 0 Å². The molecule has 0 spiro atoms. The first-order valence-corrected chi connectivity index (χ1v) is 6.49. The largest absolute Gasteiger partial charge is 0.387 e. The van der Waals surface area contributed by atoms with Crippen LogP contribution < -0.4 is 5.32 Å². The third-order valence-corrected chi connectivity index (χ3v) is 3.20. The molecule has 0 aromatic heterocycles. The van der Waals surface area contributed by atoms with E-state index in [1.54, 1.807) is 0 Å². The Morgan fingerprint density at radius 2 is 2.17 bits per heavy atom. The maximum absolute atomic E-state index is 9.95. The fourth-order valence-electron chi connectivity index (χ4n) is 2.18. The summed E-state index contributed by atoms with van der Waals surface area (Å²) in [6.45, 7) is 2.23. The Morgan fingerprint density at radius 3 is 2.89 bits per heavy atom. The average molecular weight is 247 g/mol. The molecule has 1 aliphatic rings. The molecule has 1 unspecified atom stereocenters. The van der Waals surface area contributed by atoms with Gasteiger partial charge in [-0.15, -0.1) is 0 Å². The third kappa shape index (κ3) is 3.67. The van der Waals surface area contributed by atoms with Crippen LogP contribution in [0, 0.1) is 0 Å². The summed E-state index contributed by atoms with van der Waals surface area (Å²) in [5.41, 5.74) is 3.56. The van der Waals surface area contributed by atoms with Crippen molar-refractivity contribution in [2.75, 3.05) is 26.8 Å². The number of likely N-dealkylation sites (N-methyl/N-ethyl adjacent to an activating group) is 1. The van der Waals surface area contributed by atoms with E-state index in [9.17, 15) is 5.11 Å². The molecule has 0 radical (unpaired) electrons. The second-order valence-corrected chi connectivity index (χ2v) is 4.66. The molecule has 98 valence electrons. The molecule has 1 aromatic carbocycles. The van der Waals surface area contributed by atoms with Gasteiger partial charge in [-0.25, -0.2) is 0 Å². The molecule has 1 aromatic rings. The molecule has 18 heavy (non-hydrogen) atoms.